The van der Waals surface area contributed by atoms with Crippen LogP contribution in [0, 0.1) is 13.8 Å². The molecule has 0 saturated heterocycles. The maximum atomic E-state index is 12.9. The number of fused-ring (bicyclic) bond motifs is 1. The average Bonchev–Trinajstić information content (AvgIpc) is 2.45. The number of carbonyl (C=O) groups excluding carboxylic acids is 1. The van der Waals surface area contributed by atoms with Gasteiger partial charge < -0.3 is 5.32 Å². The molecule has 0 saturated carbocycles. The molecule has 1 aliphatic rings. The molecule has 3 rings (SSSR count). The van der Waals surface area contributed by atoms with Gasteiger partial charge in [-0.25, -0.2) is 17.7 Å². The number of rotatable bonds is 2. The molecule has 1 aromatic heterocycles. The fraction of sp³-hybridized carbons (Fsp3) is 0.200. The highest BCUT2D eigenvalue weighted by molar-refractivity contribution is 7.93. The fourth-order valence-electron chi connectivity index (χ4n) is 2.49. The van der Waals surface area contributed by atoms with Crippen molar-refractivity contribution in [2.75, 3.05) is 16.2 Å². The van der Waals surface area contributed by atoms with Gasteiger partial charge >= 0.3 is 0 Å². The van der Waals surface area contributed by atoms with Crippen LogP contribution in [0.3, 0.4) is 0 Å². The molecular weight excluding hydrogens is 302 g/mol. The Kier molecular flexibility index (Phi) is 3.37. The van der Waals surface area contributed by atoms with Crippen molar-refractivity contribution in [3.63, 3.8) is 0 Å². The van der Waals surface area contributed by atoms with Crippen molar-refractivity contribution >= 4 is 27.4 Å². The van der Waals surface area contributed by atoms with E-state index < -0.39 is 10.0 Å². The van der Waals surface area contributed by atoms with Crippen molar-refractivity contribution in [2.24, 2.45) is 0 Å². The number of benzene rings is 1. The Hall–Kier alpha value is -2.41. The number of nitrogens with one attached hydrogen (secondary N) is 1. The Bertz CT molecular complexity index is 862. The van der Waals surface area contributed by atoms with Crippen molar-refractivity contribution in [1.82, 2.24) is 4.98 Å². The zero-order chi connectivity index (χ0) is 15.9. The van der Waals surface area contributed by atoms with Crippen LogP contribution in [0.5, 0.6) is 0 Å². The van der Waals surface area contributed by atoms with Crippen LogP contribution >= 0.6 is 0 Å². The average molecular weight is 317 g/mol. The SMILES string of the molecule is Cc1ccc(S(=O)(=O)N2CC(=O)Nc3cccnc32)c(C)c1. The molecule has 1 amide bonds. The molecule has 0 atom stereocenters. The fourth-order valence-corrected chi connectivity index (χ4v) is 4.10. The second-order valence-corrected chi connectivity index (χ2v) is 7.03. The zero-order valence-corrected chi connectivity index (χ0v) is 13.0. The predicted molar refractivity (Wildman–Crippen MR) is 83.3 cm³/mol. The third-order valence-electron chi connectivity index (χ3n) is 3.48. The van der Waals surface area contributed by atoms with Gasteiger partial charge in [-0.3, -0.25) is 4.79 Å². The normalized spacial score (nSPS) is 14.5. The minimum absolute atomic E-state index is 0.185. The molecule has 22 heavy (non-hydrogen) atoms. The van der Waals surface area contributed by atoms with Gasteiger partial charge in [-0.2, -0.15) is 0 Å². The molecular formula is C15H15N3O3S. The third kappa shape index (κ3) is 2.33. The van der Waals surface area contributed by atoms with Gasteiger partial charge in [-0.05, 0) is 37.6 Å². The lowest BCUT2D eigenvalue weighted by molar-refractivity contribution is -0.115. The van der Waals surface area contributed by atoms with E-state index in [9.17, 15) is 13.2 Å². The van der Waals surface area contributed by atoms with Crippen molar-refractivity contribution < 1.29 is 13.2 Å². The van der Waals surface area contributed by atoms with Crippen molar-refractivity contribution in [1.29, 1.82) is 0 Å². The van der Waals surface area contributed by atoms with Crippen molar-refractivity contribution in [3.8, 4) is 0 Å². The number of hydrogen-bond donors (Lipinski definition) is 1. The van der Waals surface area contributed by atoms with E-state index in [-0.39, 0.29) is 23.2 Å². The van der Waals surface area contributed by atoms with Crippen LogP contribution in [0.2, 0.25) is 0 Å². The number of carbonyl (C=O) groups is 1. The molecule has 1 aromatic carbocycles. The largest absolute Gasteiger partial charge is 0.321 e. The summed E-state index contributed by atoms with van der Waals surface area (Å²) < 4.78 is 26.9. The second kappa shape index (κ2) is 5.10. The van der Waals surface area contributed by atoms with E-state index in [0.29, 0.717) is 11.3 Å². The molecule has 0 spiro atoms. The lowest BCUT2D eigenvalue weighted by Crippen LogP contribution is -2.42. The number of hydrogen-bond acceptors (Lipinski definition) is 4. The van der Waals surface area contributed by atoms with E-state index in [0.717, 1.165) is 9.87 Å². The Labute approximate surface area is 128 Å². The maximum absolute atomic E-state index is 12.9. The quantitative estimate of drug-likeness (QED) is 0.916. The van der Waals surface area contributed by atoms with Gasteiger partial charge in [0.15, 0.2) is 5.82 Å². The van der Waals surface area contributed by atoms with Gasteiger partial charge in [0.25, 0.3) is 10.0 Å². The topological polar surface area (TPSA) is 79.4 Å². The molecule has 0 radical (unpaired) electrons. The predicted octanol–water partition coefficient (Wildman–Crippen LogP) is 1.85. The van der Waals surface area contributed by atoms with Crippen LogP contribution in [0.25, 0.3) is 0 Å². The molecule has 0 unspecified atom stereocenters. The molecule has 114 valence electrons. The summed E-state index contributed by atoms with van der Waals surface area (Å²) >= 11 is 0. The number of aryl methyl sites for hydroxylation is 2. The molecule has 1 N–H and O–H groups in total. The second-order valence-electron chi connectivity index (χ2n) is 5.20. The molecule has 1 aliphatic heterocycles. The maximum Gasteiger partial charge on any atom is 0.266 e. The molecule has 7 heteroatoms. The van der Waals surface area contributed by atoms with Gasteiger partial charge in [0.05, 0.1) is 10.6 Å². The summed E-state index contributed by atoms with van der Waals surface area (Å²) in [5.41, 5.74) is 2.02. The zero-order valence-electron chi connectivity index (χ0n) is 12.2. The van der Waals surface area contributed by atoms with Gasteiger partial charge in [0.1, 0.15) is 6.54 Å². The Morgan fingerprint density at radius 3 is 2.73 bits per heavy atom. The number of anilines is 2. The smallest absolute Gasteiger partial charge is 0.266 e. The molecule has 0 bridgehead atoms. The summed E-state index contributed by atoms with van der Waals surface area (Å²) in [5, 5.41) is 2.63. The Balaban J connectivity index is 2.15. The third-order valence-corrected chi connectivity index (χ3v) is 5.38. The van der Waals surface area contributed by atoms with E-state index in [2.05, 4.69) is 10.3 Å². The van der Waals surface area contributed by atoms with Crippen LogP contribution in [-0.2, 0) is 14.8 Å². The number of nitrogens with zero attached hydrogens (tertiary/aromatic N) is 2. The monoisotopic (exact) mass is 317 g/mol. The van der Waals surface area contributed by atoms with Gasteiger partial charge in [0, 0.05) is 6.20 Å². The first-order chi connectivity index (χ1) is 10.4. The standard InChI is InChI=1S/C15H15N3O3S/c1-10-5-6-13(11(2)8-10)22(20,21)18-9-14(19)17-12-4-3-7-16-15(12)18/h3-8H,9H2,1-2H3,(H,17,19). The summed E-state index contributed by atoms with van der Waals surface area (Å²) in [6, 6.07) is 8.38. The molecule has 0 aliphatic carbocycles. The van der Waals surface area contributed by atoms with Gasteiger partial charge in [-0.15, -0.1) is 0 Å². The number of sulfonamides is 1. The molecule has 6 nitrogen and oxygen atoms in total. The highest BCUT2D eigenvalue weighted by Crippen LogP contribution is 2.32. The minimum Gasteiger partial charge on any atom is -0.321 e. The summed E-state index contributed by atoms with van der Waals surface area (Å²) in [6.07, 6.45) is 1.50. The lowest BCUT2D eigenvalue weighted by Gasteiger charge is -2.29. The number of aromatic nitrogens is 1. The first kappa shape index (κ1) is 14.5. The van der Waals surface area contributed by atoms with Gasteiger partial charge in [0.2, 0.25) is 5.91 Å². The van der Waals surface area contributed by atoms with E-state index in [1.807, 2.05) is 6.92 Å². The van der Waals surface area contributed by atoms with E-state index in [4.69, 9.17) is 0 Å². The Morgan fingerprint density at radius 1 is 1.23 bits per heavy atom. The van der Waals surface area contributed by atoms with Crippen LogP contribution in [-0.4, -0.2) is 25.9 Å². The summed E-state index contributed by atoms with van der Waals surface area (Å²) in [5.74, 6) is -0.143. The van der Waals surface area contributed by atoms with Crippen molar-refractivity contribution in [2.45, 2.75) is 18.7 Å². The van der Waals surface area contributed by atoms with Crippen LogP contribution in [0.1, 0.15) is 11.1 Å². The van der Waals surface area contributed by atoms with Crippen molar-refractivity contribution in [3.05, 3.63) is 47.7 Å². The summed E-state index contributed by atoms with van der Waals surface area (Å²) in [6.45, 7) is 3.36. The van der Waals surface area contributed by atoms with E-state index in [1.165, 1.54) is 6.20 Å². The summed E-state index contributed by atoms with van der Waals surface area (Å²) in [7, 11) is -3.85. The highest BCUT2D eigenvalue weighted by Gasteiger charge is 2.34. The van der Waals surface area contributed by atoms with Crippen LogP contribution in [0.4, 0.5) is 11.5 Å². The number of pyridine rings is 1. The first-order valence-corrected chi connectivity index (χ1v) is 8.18. The lowest BCUT2D eigenvalue weighted by atomic mass is 10.2. The van der Waals surface area contributed by atoms with Gasteiger partial charge in [-0.1, -0.05) is 17.7 Å². The van der Waals surface area contributed by atoms with Crippen LogP contribution < -0.4 is 9.62 Å². The molecule has 2 heterocycles. The van der Waals surface area contributed by atoms with E-state index in [1.54, 1.807) is 37.3 Å². The van der Waals surface area contributed by atoms with Crippen LogP contribution in [0.15, 0.2) is 41.4 Å². The summed E-state index contributed by atoms with van der Waals surface area (Å²) in [4.78, 5) is 16.1. The first-order valence-electron chi connectivity index (χ1n) is 6.74. The van der Waals surface area contributed by atoms with E-state index >= 15 is 0 Å². The molecule has 2 aromatic rings. The number of amides is 1. The molecule has 0 fully saturated rings. The Morgan fingerprint density at radius 2 is 2.00 bits per heavy atom. The minimum atomic E-state index is -3.85. The highest BCUT2D eigenvalue weighted by atomic mass is 32.2.